The molecule has 0 bridgehead atoms. The van der Waals surface area contributed by atoms with E-state index in [2.05, 4.69) is 25.8 Å². The fourth-order valence-electron chi connectivity index (χ4n) is 2.47. The first kappa shape index (κ1) is 10.0. The van der Waals surface area contributed by atoms with E-state index in [-0.39, 0.29) is 0 Å². The van der Waals surface area contributed by atoms with Crippen LogP contribution in [0, 0.1) is 11.8 Å². The molecule has 1 aliphatic rings. The Kier molecular flexibility index (Phi) is 4.07. The highest BCUT2D eigenvalue weighted by Crippen LogP contribution is 2.24. The lowest BCUT2D eigenvalue weighted by Gasteiger charge is -2.34. The Morgan fingerprint density at radius 1 is 1.33 bits per heavy atom. The molecular formula is C11H23N. The quantitative estimate of drug-likeness (QED) is 0.628. The first-order chi connectivity index (χ1) is 5.72. The van der Waals surface area contributed by atoms with Gasteiger partial charge in [-0.3, -0.25) is 0 Å². The highest BCUT2D eigenvalue weighted by atomic mass is 15.1. The Morgan fingerprint density at radius 2 is 2.08 bits per heavy atom. The van der Waals surface area contributed by atoms with Crippen LogP contribution >= 0.6 is 0 Å². The van der Waals surface area contributed by atoms with Crippen molar-refractivity contribution in [1.29, 1.82) is 0 Å². The number of nitrogens with zero attached hydrogens (tertiary/aromatic N) is 1. The van der Waals surface area contributed by atoms with Gasteiger partial charge in [0.05, 0.1) is 0 Å². The lowest BCUT2D eigenvalue weighted by Crippen LogP contribution is -2.36. The molecule has 0 radical (unpaired) electrons. The summed E-state index contributed by atoms with van der Waals surface area (Å²) in [5.41, 5.74) is 0. The number of piperidine rings is 1. The monoisotopic (exact) mass is 169 g/mol. The lowest BCUT2D eigenvalue weighted by atomic mass is 9.87. The maximum absolute atomic E-state index is 2.49. The second-order valence-corrected chi connectivity index (χ2v) is 4.57. The van der Waals surface area contributed by atoms with Gasteiger partial charge in [-0.05, 0) is 31.7 Å². The van der Waals surface area contributed by atoms with Crippen molar-refractivity contribution < 1.29 is 0 Å². The van der Waals surface area contributed by atoms with Crippen molar-refractivity contribution in [3.05, 3.63) is 0 Å². The van der Waals surface area contributed by atoms with E-state index in [0.717, 1.165) is 11.8 Å². The molecule has 1 nitrogen and oxygen atoms in total. The minimum absolute atomic E-state index is 0.922. The van der Waals surface area contributed by atoms with E-state index in [4.69, 9.17) is 0 Å². The summed E-state index contributed by atoms with van der Waals surface area (Å²) in [4.78, 5) is 2.49. The van der Waals surface area contributed by atoms with E-state index in [1.54, 1.807) is 0 Å². The summed E-state index contributed by atoms with van der Waals surface area (Å²) in [5, 5.41) is 0. The van der Waals surface area contributed by atoms with E-state index in [1.165, 1.54) is 38.8 Å². The van der Waals surface area contributed by atoms with Crippen molar-refractivity contribution in [2.45, 2.75) is 39.5 Å². The molecule has 2 atom stereocenters. The predicted molar refractivity (Wildman–Crippen MR) is 54.3 cm³/mol. The smallest absolute Gasteiger partial charge is 0.000683 e. The topological polar surface area (TPSA) is 3.24 Å². The van der Waals surface area contributed by atoms with Crippen LogP contribution in [0.4, 0.5) is 0 Å². The van der Waals surface area contributed by atoms with Gasteiger partial charge in [-0.1, -0.05) is 26.7 Å². The molecule has 0 amide bonds. The molecule has 1 saturated heterocycles. The molecule has 0 aromatic carbocycles. The maximum Gasteiger partial charge on any atom is 0.000683 e. The Balaban J connectivity index is 2.24. The third-order valence-electron chi connectivity index (χ3n) is 2.89. The molecule has 1 unspecified atom stereocenters. The largest absolute Gasteiger partial charge is 0.306 e. The second kappa shape index (κ2) is 4.86. The molecule has 0 aromatic heterocycles. The lowest BCUT2D eigenvalue weighted by molar-refractivity contribution is 0.153. The van der Waals surface area contributed by atoms with Crippen LogP contribution in [0.1, 0.15) is 39.5 Å². The molecule has 0 aromatic rings. The average molecular weight is 169 g/mol. The van der Waals surface area contributed by atoms with Crippen molar-refractivity contribution in [1.82, 2.24) is 4.90 Å². The third-order valence-corrected chi connectivity index (χ3v) is 2.89. The van der Waals surface area contributed by atoms with E-state index >= 15 is 0 Å². The summed E-state index contributed by atoms with van der Waals surface area (Å²) in [7, 11) is 2.26. The average Bonchev–Trinajstić information content (AvgIpc) is 1.99. The first-order valence-electron chi connectivity index (χ1n) is 5.41. The standard InChI is InChI=1S/C11H23N/c1-4-5-6-11-7-10(2)8-12(3)9-11/h10-11H,4-9H2,1-3H3/t10-,11?/m1/s1. The fourth-order valence-corrected chi connectivity index (χ4v) is 2.47. The van der Waals surface area contributed by atoms with Crippen LogP contribution in [-0.2, 0) is 0 Å². The van der Waals surface area contributed by atoms with Gasteiger partial charge in [0.25, 0.3) is 0 Å². The number of unbranched alkanes of at least 4 members (excludes halogenated alkanes) is 1. The number of hydrogen-bond acceptors (Lipinski definition) is 1. The maximum atomic E-state index is 2.49. The summed E-state index contributed by atoms with van der Waals surface area (Å²) < 4.78 is 0. The van der Waals surface area contributed by atoms with Gasteiger partial charge in [-0.2, -0.15) is 0 Å². The Bertz CT molecular complexity index is 112. The predicted octanol–water partition coefficient (Wildman–Crippen LogP) is 2.76. The van der Waals surface area contributed by atoms with Crippen LogP contribution in [-0.4, -0.2) is 25.0 Å². The molecule has 0 spiro atoms. The Hall–Kier alpha value is -0.0400. The van der Waals surface area contributed by atoms with Crippen molar-refractivity contribution in [3.8, 4) is 0 Å². The van der Waals surface area contributed by atoms with E-state index < -0.39 is 0 Å². The molecule has 12 heavy (non-hydrogen) atoms. The molecule has 72 valence electrons. The van der Waals surface area contributed by atoms with Gasteiger partial charge in [0.2, 0.25) is 0 Å². The SMILES string of the molecule is CCCCC1C[C@@H](C)CN(C)C1. The zero-order valence-electron chi connectivity index (χ0n) is 8.84. The number of hydrogen-bond donors (Lipinski definition) is 0. The van der Waals surface area contributed by atoms with Crippen molar-refractivity contribution in [3.63, 3.8) is 0 Å². The summed E-state index contributed by atoms with van der Waals surface area (Å²) in [5.74, 6) is 1.91. The number of likely N-dealkylation sites (tertiary alicyclic amines) is 1. The fraction of sp³-hybridized carbons (Fsp3) is 1.00. The highest BCUT2D eigenvalue weighted by molar-refractivity contribution is 4.74. The summed E-state index contributed by atoms with van der Waals surface area (Å²) in [6.45, 7) is 7.32. The van der Waals surface area contributed by atoms with Crippen LogP contribution in [0.3, 0.4) is 0 Å². The number of rotatable bonds is 3. The van der Waals surface area contributed by atoms with Crippen molar-refractivity contribution in [2.75, 3.05) is 20.1 Å². The van der Waals surface area contributed by atoms with Gasteiger partial charge < -0.3 is 4.90 Å². The molecule has 0 N–H and O–H groups in total. The van der Waals surface area contributed by atoms with E-state index in [0.29, 0.717) is 0 Å². The Labute approximate surface area is 77.1 Å². The molecular weight excluding hydrogens is 146 g/mol. The minimum Gasteiger partial charge on any atom is -0.306 e. The van der Waals surface area contributed by atoms with Crippen LogP contribution < -0.4 is 0 Å². The zero-order chi connectivity index (χ0) is 8.97. The van der Waals surface area contributed by atoms with E-state index in [9.17, 15) is 0 Å². The summed E-state index contributed by atoms with van der Waals surface area (Å²) in [6, 6.07) is 0. The first-order valence-corrected chi connectivity index (χ1v) is 5.41. The molecule has 1 aliphatic heterocycles. The molecule has 0 aliphatic carbocycles. The van der Waals surface area contributed by atoms with Crippen LogP contribution in [0.2, 0.25) is 0 Å². The van der Waals surface area contributed by atoms with Crippen molar-refractivity contribution >= 4 is 0 Å². The minimum atomic E-state index is 0.922. The zero-order valence-corrected chi connectivity index (χ0v) is 8.84. The third kappa shape index (κ3) is 3.14. The van der Waals surface area contributed by atoms with Gasteiger partial charge >= 0.3 is 0 Å². The summed E-state index contributed by atoms with van der Waals surface area (Å²) >= 11 is 0. The molecule has 1 heteroatoms. The Morgan fingerprint density at radius 3 is 2.67 bits per heavy atom. The van der Waals surface area contributed by atoms with Crippen LogP contribution in [0.5, 0.6) is 0 Å². The van der Waals surface area contributed by atoms with Gasteiger partial charge in [0.1, 0.15) is 0 Å². The molecule has 1 rings (SSSR count). The summed E-state index contributed by atoms with van der Waals surface area (Å²) in [6.07, 6.45) is 5.69. The molecule has 1 heterocycles. The van der Waals surface area contributed by atoms with Gasteiger partial charge in [0, 0.05) is 13.1 Å². The normalized spacial score (nSPS) is 32.2. The van der Waals surface area contributed by atoms with Gasteiger partial charge in [-0.25, -0.2) is 0 Å². The molecule has 1 fully saturated rings. The van der Waals surface area contributed by atoms with Crippen molar-refractivity contribution in [2.24, 2.45) is 11.8 Å². The molecule has 0 saturated carbocycles. The van der Waals surface area contributed by atoms with Crippen LogP contribution in [0.25, 0.3) is 0 Å². The van der Waals surface area contributed by atoms with Gasteiger partial charge in [-0.15, -0.1) is 0 Å². The van der Waals surface area contributed by atoms with E-state index in [1.807, 2.05) is 0 Å². The second-order valence-electron chi connectivity index (χ2n) is 4.57. The van der Waals surface area contributed by atoms with Gasteiger partial charge in [0.15, 0.2) is 0 Å². The highest BCUT2D eigenvalue weighted by Gasteiger charge is 2.21. The van der Waals surface area contributed by atoms with Crippen LogP contribution in [0.15, 0.2) is 0 Å².